The molecule has 1 rings (SSSR count). The standard InChI is InChI=1S/C17H21NO7/c1-4-25-16(22)10(2)8-13(15(20)21)18-14(19)11-6-5-7-12(9-11)17(23)24-3/h5-7,9-10,13H,4,8H2,1-3H3,(H,18,19)(H,20,21)/t10-,13-/m1/s1. The first-order valence-electron chi connectivity index (χ1n) is 7.68. The summed E-state index contributed by atoms with van der Waals surface area (Å²) in [5.41, 5.74) is 0.278. The highest BCUT2D eigenvalue weighted by Gasteiger charge is 2.27. The summed E-state index contributed by atoms with van der Waals surface area (Å²) in [5.74, 6) is -3.78. The van der Waals surface area contributed by atoms with Crippen LogP contribution < -0.4 is 5.32 Å². The molecule has 0 spiro atoms. The lowest BCUT2D eigenvalue weighted by Crippen LogP contribution is -2.42. The smallest absolute Gasteiger partial charge is 0.337 e. The number of esters is 2. The Morgan fingerprint density at radius 2 is 1.84 bits per heavy atom. The normalized spacial score (nSPS) is 12.6. The van der Waals surface area contributed by atoms with E-state index >= 15 is 0 Å². The molecule has 0 aliphatic rings. The van der Waals surface area contributed by atoms with Gasteiger partial charge in [-0.3, -0.25) is 9.59 Å². The maximum absolute atomic E-state index is 12.3. The van der Waals surface area contributed by atoms with E-state index in [1.807, 2.05) is 0 Å². The lowest BCUT2D eigenvalue weighted by molar-refractivity contribution is -0.148. The average molecular weight is 351 g/mol. The lowest BCUT2D eigenvalue weighted by Gasteiger charge is -2.18. The molecule has 1 aromatic rings. The molecule has 0 fully saturated rings. The van der Waals surface area contributed by atoms with E-state index in [1.54, 1.807) is 6.92 Å². The van der Waals surface area contributed by atoms with Crippen molar-refractivity contribution in [3.05, 3.63) is 35.4 Å². The molecule has 8 nitrogen and oxygen atoms in total. The zero-order valence-electron chi connectivity index (χ0n) is 14.3. The molecule has 0 saturated heterocycles. The molecular formula is C17H21NO7. The molecular weight excluding hydrogens is 330 g/mol. The van der Waals surface area contributed by atoms with E-state index in [-0.39, 0.29) is 24.2 Å². The molecule has 8 heteroatoms. The number of hydrogen-bond acceptors (Lipinski definition) is 6. The minimum absolute atomic E-state index is 0.109. The van der Waals surface area contributed by atoms with Gasteiger partial charge in [0.1, 0.15) is 6.04 Å². The summed E-state index contributed by atoms with van der Waals surface area (Å²) in [6, 6.07) is 4.43. The zero-order valence-corrected chi connectivity index (χ0v) is 14.3. The summed E-state index contributed by atoms with van der Waals surface area (Å²) < 4.78 is 9.41. The topological polar surface area (TPSA) is 119 Å². The van der Waals surface area contributed by atoms with Crippen molar-refractivity contribution in [1.29, 1.82) is 0 Å². The lowest BCUT2D eigenvalue weighted by atomic mass is 10.0. The van der Waals surface area contributed by atoms with Gasteiger partial charge >= 0.3 is 17.9 Å². The van der Waals surface area contributed by atoms with Crippen LogP contribution in [0.1, 0.15) is 41.0 Å². The van der Waals surface area contributed by atoms with E-state index in [0.29, 0.717) is 0 Å². The Kier molecular flexibility index (Phi) is 7.58. The number of aliphatic carboxylic acids is 1. The Bertz CT molecular complexity index is 656. The second kappa shape index (κ2) is 9.41. The first-order chi connectivity index (χ1) is 11.8. The molecule has 0 aromatic heterocycles. The van der Waals surface area contributed by atoms with Crippen LogP contribution in [0.4, 0.5) is 0 Å². The number of methoxy groups -OCH3 is 1. The molecule has 0 radical (unpaired) electrons. The summed E-state index contributed by atoms with van der Waals surface area (Å²) in [6.07, 6.45) is -0.114. The van der Waals surface area contributed by atoms with Crippen LogP contribution in [0, 0.1) is 5.92 Å². The number of ether oxygens (including phenoxy) is 2. The molecule has 1 amide bonds. The molecule has 25 heavy (non-hydrogen) atoms. The van der Waals surface area contributed by atoms with Gasteiger partial charge in [-0.15, -0.1) is 0 Å². The van der Waals surface area contributed by atoms with E-state index in [9.17, 15) is 24.3 Å². The van der Waals surface area contributed by atoms with Crippen LogP contribution in [0.15, 0.2) is 24.3 Å². The Labute approximate surface area is 145 Å². The van der Waals surface area contributed by atoms with Gasteiger partial charge < -0.3 is 19.9 Å². The summed E-state index contributed by atoms with van der Waals surface area (Å²) in [4.78, 5) is 46.8. The summed E-state index contributed by atoms with van der Waals surface area (Å²) in [7, 11) is 1.21. The first-order valence-corrected chi connectivity index (χ1v) is 7.68. The second-order valence-corrected chi connectivity index (χ2v) is 5.33. The third-order valence-corrected chi connectivity index (χ3v) is 3.43. The highest BCUT2D eigenvalue weighted by Crippen LogP contribution is 2.11. The van der Waals surface area contributed by atoms with Crippen LogP contribution in [-0.4, -0.2) is 48.7 Å². The number of carbonyl (C=O) groups excluding carboxylic acids is 3. The molecule has 2 N–H and O–H groups in total. The fourth-order valence-corrected chi connectivity index (χ4v) is 2.10. The largest absolute Gasteiger partial charge is 0.480 e. The van der Waals surface area contributed by atoms with Gasteiger partial charge in [0.05, 0.1) is 25.2 Å². The summed E-state index contributed by atoms with van der Waals surface area (Å²) >= 11 is 0. The van der Waals surface area contributed by atoms with Crippen molar-refractivity contribution in [2.75, 3.05) is 13.7 Å². The molecule has 0 aliphatic heterocycles. The maximum atomic E-state index is 12.3. The third kappa shape index (κ3) is 5.91. The quantitative estimate of drug-likeness (QED) is 0.676. The van der Waals surface area contributed by atoms with Gasteiger partial charge in [-0.25, -0.2) is 9.59 Å². The van der Waals surface area contributed by atoms with E-state index < -0.39 is 35.8 Å². The average Bonchev–Trinajstić information content (AvgIpc) is 2.60. The Balaban J connectivity index is 2.85. The third-order valence-electron chi connectivity index (χ3n) is 3.43. The van der Waals surface area contributed by atoms with Gasteiger partial charge in [-0.2, -0.15) is 0 Å². The van der Waals surface area contributed by atoms with E-state index in [4.69, 9.17) is 4.74 Å². The molecule has 0 heterocycles. The number of hydrogen-bond donors (Lipinski definition) is 2. The molecule has 136 valence electrons. The highest BCUT2D eigenvalue weighted by molar-refractivity contribution is 5.99. The summed E-state index contributed by atoms with van der Waals surface area (Å²) in [6.45, 7) is 3.36. The van der Waals surface area contributed by atoms with Crippen molar-refractivity contribution in [2.24, 2.45) is 5.92 Å². The van der Waals surface area contributed by atoms with Gasteiger partial charge in [-0.1, -0.05) is 13.0 Å². The maximum Gasteiger partial charge on any atom is 0.337 e. The number of amides is 1. The van der Waals surface area contributed by atoms with Crippen LogP contribution in [0.3, 0.4) is 0 Å². The van der Waals surface area contributed by atoms with Crippen molar-refractivity contribution in [1.82, 2.24) is 5.32 Å². The fourth-order valence-electron chi connectivity index (χ4n) is 2.10. The number of rotatable bonds is 8. The number of carboxylic acids is 1. The van der Waals surface area contributed by atoms with Gasteiger partial charge in [0, 0.05) is 5.56 Å². The van der Waals surface area contributed by atoms with Crippen LogP contribution >= 0.6 is 0 Å². The summed E-state index contributed by atoms with van der Waals surface area (Å²) in [5, 5.41) is 11.6. The van der Waals surface area contributed by atoms with Crippen molar-refractivity contribution in [3.8, 4) is 0 Å². The number of nitrogens with one attached hydrogen (secondary N) is 1. The monoisotopic (exact) mass is 351 g/mol. The van der Waals surface area contributed by atoms with Crippen molar-refractivity contribution in [3.63, 3.8) is 0 Å². The molecule has 1 aromatic carbocycles. The van der Waals surface area contributed by atoms with Gasteiger partial charge in [0.25, 0.3) is 5.91 Å². The molecule has 0 saturated carbocycles. The van der Waals surface area contributed by atoms with Crippen LogP contribution in [0.5, 0.6) is 0 Å². The van der Waals surface area contributed by atoms with Gasteiger partial charge in [-0.05, 0) is 31.5 Å². The van der Waals surface area contributed by atoms with Crippen LogP contribution in [-0.2, 0) is 19.1 Å². The predicted octanol–water partition coefficient (Wildman–Crippen LogP) is 1.25. The number of carbonyl (C=O) groups is 4. The van der Waals surface area contributed by atoms with Gasteiger partial charge in [0.15, 0.2) is 0 Å². The molecule has 2 atom stereocenters. The predicted molar refractivity (Wildman–Crippen MR) is 87.1 cm³/mol. The zero-order chi connectivity index (χ0) is 19.0. The number of benzene rings is 1. The van der Waals surface area contributed by atoms with Crippen molar-refractivity contribution < 1.29 is 33.8 Å². The fraction of sp³-hybridized carbons (Fsp3) is 0.412. The first kappa shape index (κ1) is 20.1. The minimum Gasteiger partial charge on any atom is -0.480 e. The highest BCUT2D eigenvalue weighted by atomic mass is 16.5. The van der Waals surface area contributed by atoms with Crippen molar-refractivity contribution >= 4 is 23.8 Å². The van der Waals surface area contributed by atoms with Crippen LogP contribution in [0.25, 0.3) is 0 Å². The Morgan fingerprint density at radius 3 is 2.40 bits per heavy atom. The van der Waals surface area contributed by atoms with E-state index in [2.05, 4.69) is 10.1 Å². The number of carboxylic acid groups (broad SMARTS) is 1. The Hall–Kier alpha value is -2.90. The minimum atomic E-state index is -1.27. The van der Waals surface area contributed by atoms with E-state index in [1.165, 1.54) is 38.3 Å². The second-order valence-electron chi connectivity index (χ2n) is 5.33. The Morgan fingerprint density at radius 1 is 1.20 bits per heavy atom. The van der Waals surface area contributed by atoms with E-state index in [0.717, 1.165) is 0 Å². The molecule has 0 bridgehead atoms. The molecule has 0 unspecified atom stereocenters. The van der Waals surface area contributed by atoms with Gasteiger partial charge in [0.2, 0.25) is 0 Å². The molecule has 0 aliphatic carbocycles. The van der Waals surface area contributed by atoms with Crippen molar-refractivity contribution in [2.45, 2.75) is 26.3 Å². The van der Waals surface area contributed by atoms with Crippen LogP contribution in [0.2, 0.25) is 0 Å². The SMILES string of the molecule is CCOC(=O)[C@H](C)C[C@@H](NC(=O)c1cccc(C(=O)OC)c1)C(=O)O.